The molecule has 0 bridgehead atoms. The maximum atomic E-state index is 13.0. The van der Waals surface area contributed by atoms with Gasteiger partial charge in [0, 0.05) is 17.5 Å². The number of H-pyrrole nitrogens is 1. The number of para-hydroxylation sites is 1. The molecule has 1 aliphatic heterocycles. The third-order valence-electron chi connectivity index (χ3n) is 4.81. The number of nitrogens with zero attached hydrogens (tertiary/aromatic N) is 2. The highest BCUT2D eigenvalue weighted by molar-refractivity contribution is 6.30. The average molecular weight is 413 g/mol. The molecular weight excluding hydrogens is 396 g/mol. The first-order valence-corrected chi connectivity index (χ1v) is 9.25. The molecule has 0 aliphatic carbocycles. The number of nitrogens with one attached hydrogen (secondary N) is 2. The van der Waals surface area contributed by atoms with Gasteiger partial charge in [-0.3, -0.25) is 19.3 Å². The van der Waals surface area contributed by atoms with E-state index in [-0.39, 0.29) is 18.1 Å². The number of benzene rings is 1. The summed E-state index contributed by atoms with van der Waals surface area (Å²) in [5, 5.41) is 3.81. The fourth-order valence-corrected chi connectivity index (χ4v) is 3.56. The van der Waals surface area contributed by atoms with Gasteiger partial charge in [0.1, 0.15) is 23.4 Å². The number of halogens is 1. The second-order valence-corrected chi connectivity index (χ2v) is 7.02. The Bertz CT molecular complexity index is 1130. The van der Waals surface area contributed by atoms with E-state index < -0.39 is 17.9 Å². The molecule has 0 spiro atoms. The Morgan fingerprint density at radius 2 is 2.14 bits per heavy atom. The van der Waals surface area contributed by atoms with E-state index in [1.165, 1.54) is 18.2 Å². The molecule has 0 fully saturated rings. The number of methoxy groups -OCH3 is 1. The van der Waals surface area contributed by atoms with Crippen molar-refractivity contribution in [3.63, 3.8) is 0 Å². The predicted octanol–water partition coefficient (Wildman–Crippen LogP) is 2.08. The van der Waals surface area contributed by atoms with E-state index in [2.05, 4.69) is 15.3 Å². The molecule has 1 aromatic carbocycles. The molecule has 9 heteroatoms. The Labute approximate surface area is 170 Å². The van der Waals surface area contributed by atoms with Crippen LogP contribution in [0.4, 0.5) is 5.69 Å². The van der Waals surface area contributed by atoms with Gasteiger partial charge in [0.05, 0.1) is 18.8 Å². The predicted molar refractivity (Wildman–Crippen MR) is 107 cm³/mol. The van der Waals surface area contributed by atoms with Gasteiger partial charge in [-0.2, -0.15) is 0 Å². The summed E-state index contributed by atoms with van der Waals surface area (Å²) in [4.78, 5) is 45.8. The van der Waals surface area contributed by atoms with Gasteiger partial charge in [-0.05, 0) is 23.8 Å². The second-order valence-electron chi connectivity index (χ2n) is 6.64. The molecule has 1 aliphatic rings. The number of aromatic amines is 1. The minimum atomic E-state index is -0.810. The SMILES string of the molecule is COC(=O)CN1C(=O)[C@@H](NC(=O)c2cc3cc(Cl)ncc3[nH]2)Cc2ccccc21. The van der Waals surface area contributed by atoms with Crippen LogP contribution in [-0.4, -0.2) is 47.4 Å². The zero-order chi connectivity index (χ0) is 20.5. The molecule has 0 saturated heterocycles. The van der Waals surface area contributed by atoms with Crippen molar-refractivity contribution in [3.05, 3.63) is 59.0 Å². The molecule has 1 atom stereocenters. The minimum Gasteiger partial charge on any atom is -0.468 e. The molecule has 4 rings (SSSR count). The summed E-state index contributed by atoms with van der Waals surface area (Å²) in [5.41, 5.74) is 2.44. The number of pyridine rings is 1. The standard InChI is InChI=1S/C20H17ClN4O4/c1-29-18(26)10-25-16-5-3-2-4-11(16)6-14(20(25)28)24-19(27)13-7-12-8-17(21)22-9-15(12)23-13/h2-5,7-9,14,23H,6,10H2,1H3,(H,24,27)/t14-/m0/s1. The number of fused-ring (bicyclic) bond motifs is 2. The summed E-state index contributed by atoms with van der Waals surface area (Å²) in [6, 6.07) is 9.74. The van der Waals surface area contributed by atoms with E-state index in [0.717, 1.165) is 10.9 Å². The third-order valence-corrected chi connectivity index (χ3v) is 5.01. The van der Waals surface area contributed by atoms with Crippen molar-refractivity contribution >= 4 is 46.0 Å². The van der Waals surface area contributed by atoms with Gasteiger partial charge < -0.3 is 15.0 Å². The van der Waals surface area contributed by atoms with E-state index in [1.54, 1.807) is 24.3 Å². The molecule has 0 radical (unpaired) electrons. The lowest BCUT2D eigenvalue weighted by Crippen LogP contribution is -2.54. The summed E-state index contributed by atoms with van der Waals surface area (Å²) < 4.78 is 4.70. The Balaban J connectivity index is 1.59. The summed E-state index contributed by atoms with van der Waals surface area (Å²) >= 11 is 5.89. The lowest BCUT2D eigenvalue weighted by molar-refractivity contribution is -0.140. The minimum absolute atomic E-state index is 0.227. The Hall–Kier alpha value is -3.39. The van der Waals surface area contributed by atoms with E-state index in [4.69, 9.17) is 16.3 Å². The van der Waals surface area contributed by atoms with Crippen LogP contribution in [0.15, 0.2) is 42.6 Å². The van der Waals surface area contributed by atoms with Crippen molar-refractivity contribution in [3.8, 4) is 0 Å². The Kier molecular flexibility index (Phi) is 4.94. The summed E-state index contributed by atoms with van der Waals surface area (Å²) in [5.74, 6) is -1.35. The maximum Gasteiger partial charge on any atom is 0.325 e. The van der Waals surface area contributed by atoms with Gasteiger partial charge in [-0.15, -0.1) is 0 Å². The van der Waals surface area contributed by atoms with Crippen LogP contribution in [0.25, 0.3) is 10.9 Å². The topological polar surface area (TPSA) is 104 Å². The number of esters is 1. The second kappa shape index (κ2) is 7.56. The van der Waals surface area contributed by atoms with E-state index in [9.17, 15) is 14.4 Å². The average Bonchev–Trinajstić information content (AvgIpc) is 3.14. The molecule has 2 aromatic heterocycles. The first-order valence-electron chi connectivity index (χ1n) is 8.87. The Morgan fingerprint density at radius 1 is 1.34 bits per heavy atom. The lowest BCUT2D eigenvalue weighted by atomic mass is 9.97. The zero-order valence-electron chi connectivity index (χ0n) is 15.4. The first-order chi connectivity index (χ1) is 14.0. The summed E-state index contributed by atoms with van der Waals surface area (Å²) in [6.07, 6.45) is 1.86. The van der Waals surface area contributed by atoms with Crippen molar-refractivity contribution in [1.29, 1.82) is 0 Å². The van der Waals surface area contributed by atoms with Crippen molar-refractivity contribution in [2.45, 2.75) is 12.5 Å². The molecule has 2 N–H and O–H groups in total. The molecule has 29 heavy (non-hydrogen) atoms. The highest BCUT2D eigenvalue weighted by Crippen LogP contribution is 2.28. The number of carbonyl (C=O) groups is 3. The zero-order valence-corrected chi connectivity index (χ0v) is 16.2. The van der Waals surface area contributed by atoms with Crippen molar-refractivity contribution in [1.82, 2.24) is 15.3 Å². The quantitative estimate of drug-likeness (QED) is 0.504. The molecule has 0 unspecified atom stereocenters. The fraction of sp³-hybridized carbons (Fsp3) is 0.200. The molecular formula is C20H17ClN4O4. The van der Waals surface area contributed by atoms with Gasteiger partial charge in [-0.25, -0.2) is 4.98 Å². The number of hydrogen-bond donors (Lipinski definition) is 2. The summed E-state index contributed by atoms with van der Waals surface area (Å²) in [6.45, 7) is -0.227. The number of hydrogen-bond acceptors (Lipinski definition) is 5. The van der Waals surface area contributed by atoms with Crippen LogP contribution in [0.2, 0.25) is 5.15 Å². The van der Waals surface area contributed by atoms with Crippen LogP contribution < -0.4 is 10.2 Å². The van der Waals surface area contributed by atoms with Crippen LogP contribution >= 0.6 is 11.6 Å². The van der Waals surface area contributed by atoms with Crippen molar-refractivity contribution < 1.29 is 19.1 Å². The highest BCUT2D eigenvalue weighted by Gasteiger charge is 2.35. The highest BCUT2D eigenvalue weighted by atomic mass is 35.5. The van der Waals surface area contributed by atoms with E-state index in [0.29, 0.717) is 22.8 Å². The largest absolute Gasteiger partial charge is 0.468 e. The number of amides is 2. The molecule has 3 heterocycles. The van der Waals surface area contributed by atoms with Gasteiger partial charge in [0.25, 0.3) is 5.91 Å². The number of aromatic nitrogens is 2. The molecule has 0 saturated carbocycles. The molecule has 148 valence electrons. The number of rotatable bonds is 4. The summed E-state index contributed by atoms with van der Waals surface area (Å²) in [7, 11) is 1.26. The molecule has 8 nitrogen and oxygen atoms in total. The monoisotopic (exact) mass is 412 g/mol. The molecule has 2 amide bonds. The fourth-order valence-electron chi connectivity index (χ4n) is 3.39. The number of carbonyl (C=O) groups excluding carboxylic acids is 3. The normalized spacial score (nSPS) is 15.9. The van der Waals surface area contributed by atoms with Crippen LogP contribution in [-0.2, 0) is 20.7 Å². The van der Waals surface area contributed by atoms with E-state index in [1.807, 2.05) is 12.1 Å². The number of ether oxygens (including phenoxy) is 1. The Morgan fingerprint density at radius 3 is 2.93 bits per heavy atom. The lowest BCUT2D eigenvalue weighted by Gasteiger charge is -2.33. The van der Waals surface area contributed by atoms with E-state index >= 15 is 0 Å². The van der Waals surface area contributed by atoms with Gasteiger partial charge in [-0.1, -0.05) is 29.8 Å². The van der Waals surface area contributed by atoms with Crippen molar-refractivity contribution in [2.75, 3.05) is 18.6 Å². The van der Waals surface area contributed by atoms with Crippen molar-refractivity contribution in [2.24, 2.45) is 0 Å². The smallest absolute Gasteiger partial charge is 0.325 e. The third kappa shape index (κ3) is 3.66. The maximum absolute atomic E-state index is 13.0. The van der Waals surface area contributed by atoms with Crippen LogP contribution in [0, 0.1) is 0 Å². The first kappa shape index (κ1) is 18.9. The van der Waals surface area contributed by atoms with Crippen LogP contribution in [0.3, 0.4) is 0 Å². The van der Waals surface area contributed by atoms with Gasteiger partial charge in [0.15, 0.2) is 0 Å². The van der Waals surface area contributed by atoms with Gasteiger partial charge in [0.2, 0.25) is 5.91 Å². The molecule has 3 aromatic rings. The van der Waals surface area contributed by atoms with Crippen LogP contribution in [0.5, 0.6) is 0 Å². The van der Waals surface area contributed by atoms with Crippen LogP contribution in [0.1, 0.15) is 16.1 Å². The number of anilines is 1. The van der Waals surface area contributed by atoms with Gasteiger partial charge >= 0.3 is 5.97 Å².